The van der Waals surface area contributed by atoms with Crippen LogP contribution < -0.4 is 10.3 Å². The maximum atomic E-state index is 13.0. The second kappa shape index (κ2) is 8.53. The Bertz CT molecular complexity index is 1070. The van der Waals surface area contributed by atoms with Gasteiger partial charge in [0.25, 0.3) is 5.56 Å². The Morgan fingerprint density at radius 1 is 1.17 bits per heavy atom. The number of halogens is 1. The van der Waals surface area contributed by atoms with Gasteiger partial charge in [-0.3, -0.25) is 14.3 Å². The molecule has 0 saturated heterocycles. The van der Waals surface area contributed by atoms with E-state index in [0.717, 1.165) is 16.8 Å². The molecule has 0 radical (unpaired) electrons. The fourth-order valence-electron chi connectivity index (χ4n) is 3.07. The van der Waals surface area contributed by atoms with E-state index in [4.69, 9.17) is 4.74 Å². The van der Waals surface area contributed by atoms with Crippen LogP contribution in [-0.2, 0) is 13.2 Å². The molecule has 29 heavy (non-hydrogen) atoms. The van der Waals surface area contributed by atoms with Crippen LogP contribution >= 0.6 is 11.8 Å². The summed E-state index contributed by atoms with van der Waals surface area (Å²) in [5, 5.41) is 2.06. The second-order valence-electron chi connectivity index (χ2n) is 6.73. The molecule has 1 atom stereocenters. The largest absolute Gasteiger partial charge is 0.489 e. The SMILES string of the molecule is CC1=CSC(n2ccc(OCc3ccc(F)cc3)cc2=O)N1Cc1cccnc1. The van der Waals surface area contributed by atoms with Gasteiger partial charge in [-0.05, 0) is 47.7 Å². The average Bonchev–Trinajstić information content (AvgIpc) is 3.08. The molecule has 5 nitrogen and oxygen atoms in total. The number of hydrogen-bond donors (Lipinski definition) is 0. The third kappa shape index (κ3) is 4.51. The van der Waals surface area contributed by atoms with Gasteiger partial charge in [-0.15, -0.1) is 0 Å². The topological polar surface area (TPSA) is 47.4 Å². The molecule has 4 rings (SSSR count). The van der Waals surface area contributed by atoms with Gasteiger partial charge in [0.15, 0.2) is 5.50 Å². The van der Waals surface area contributed by atoms with Gasteiger partial charge in [0.1, 0.15) is 18.2 Å². The first-order chi connectivity index (χ1) is 14.1. The van der Waals surface area contributed by atoms with Gasteiger partial charge in [0.2, 0.25) is 0 Å². The van der Waals surface area contributed by atoms with Crippen molar-refractivity contribution < 1.29 is 9.13 Å². The van der Waals surface area contributed by atoms with E-state index in [1.165, 1.54) is 18.2 Å². The summed E-state index contributed by atoms with van der Waals surface area (Å²) in [4.78, 5) is 19.1. The predicted octanol–water partition coefficient (Wildman–Crippen LogP) is 4.53. The first-order valence-corrected chi connectivity index (χ1v) is 10.1. The van der Waals surface area contributed by atoms with Crippen molar-refractivity contribution in [3.8, 4) is 5.75 Å². The number of aromatic nitrogens is 2. The molecular formula is C22H20FN3O2S. The first kappa shape index (κ1) is 19.3. The van der Waals surface area contributed by atoms with Crippen molar-refractivity contribution in [3.63, 3.8) is 0 Å². The second-order valence-corrected chi connectivity index (χ2v) is 7.66. The molecule has 0 amide bonds. The van der Waals surface area contributed by atoms with Gasteiger partial charge < -0.3 is 9.64 Å². The lowest BCUT2D eigenvalue weighted by Crippen LogP contribution is -2.32. The van der Waals surface area contributed by atoms with E-state index in [0.29, 0.717) is 12.3 Å². The molecule has 7 heteroatoms. The highest BCUT2D eigenvalue weighted by Crippen LogP contribution is 2.39. The van der Waals surface area contributed by atoms with Gasteiger partial charge in [-0.25, -0.2) is 4.39 Å². The number of ether oxygens (including phenoxy) is 1. The normalized spacial score (nSPS) is 16.0. The fourth-order valence-corrected chi connectivity index (χ4v) is 4.22. The van der Waals surface area contributed by atoms with E-state index >= 15 is 0 Å². The summed E-state index contributed by atoms with van der Waals surface area (Å²) in [6, 6.07) is 13.3. The summed E-state index contributed by atoms with van der Waals surface area (Å²) >= 11 is 1.59. The summed E-state index contributed by atoms with van der Waals surface area (Å²) < 4.78 is 20.4. The molecule has 0 spiro atoms. The molecule has 3 heterocycles. The summed E-state index contributed by atoms with van der Waals surface area (Å²) in [6.45, 7) is 2.98. The zero-order valence-electron chi connectivity index (χ0n) is 15.9. The van der Waals surface area contributed by atoms with Crippen molar-refractivity contribution in [2.45, 2.75) is 25.6 Å². The van der Waals surface area contributed by atoms with E-state index in [2.05, 4.69) is 15.3 Å². The number of thioether (sulfide) groups is 1. The van der Waals surface area contributed by atoms with Crippen LogP contribution in [-0.4, -0.2) is 14.5 Å². The van der Waals surface area contributed by atoms with E-state index in [-0.39, 0.29) is 23.5 Å². The minimum Gasteiger partial charge on any atom is -0.489 e. The van der Waals surface area contributed by atoms with Crippen molar-refractivity contribution in [3.05, 3.63) is 106 Å². The molecule has 0 bridgehead atoms. The number of allylic oxidation sites excluding steroid dienone is 1. The molecule has 1 aliphatic rings. The third-order valence-corrected chi connectivity index (χ3v) is 5.83. The Morgan fingerprint density at radius 2 is 2.00 bits per heavy atom. The van der Waals surface area contributed by atoms with Crippen LogP contribution in [0.1, 0.15) is 23.5 Å². The van der Waals surface area contributed by atoms with Crippen LogP contribution in [0.2, 0.25) is 0 Å². The van der Waals surface area contributed by atoms with Crippen LogP contribution in [0.25, 0.3) is 0 Å². The lowest BCUT2D eigenvalue weighted by molar-refractivity contribution is 0.261. The molecule has 1 aromatic carbocycles. The van der Waals surface area contributed by atoms with Crippen molar-refractivity contribution in [2.24, 2.45) is 0 Å². The van der Waals surface area contributed by atoms with Crippen molar-refractivity contribution in [1.82, 2.24) is 14.5 Å². The Hall–Kier alpha value is -3.06. The fraction of sp³-hybridized carbons (Fsp3) is 0.182. The zero-order valence-corrected chi connectivity index (χ0v) is 16.7. The van der Waals surface area contributed by atoms with E-state index in [9.17, 15) is 9.18 Å². The van der Waals surface area contributed by atoms with Gasteiger partial charge >= 0.3 is 0 Å². The van der Waals surface area contributed by atoms with Crippen LogP contribution in [0.4, 0.5) is 4.39 Å². The van der Waals surface area contributed by atoms with Crippen molar-refractivity contribution in [1.29, 1.82) is 0 Å². The monoisotopic (exact) mass is 409 g/mol. The molecule has 1 aliphatic heterocycles. The standard InChI is InChI=1S/C22H20FN3O2S/c1-16-15-29-22(26(16)13-18-3-2-9-24-12-18)25-10-8-20(11-21(25)27)28-14-17-4-6-19(23)7-5-17/h2-12,15,22H,13-14H2,1H3. The molecule has 0 saturated carbocycles. The highest BCUT2D eigenvalue weighted by molar-refractivity contribution is 8.02. The lowest BCUT2D eigenvalue weighted by atomic mass is 10.2. The number of hydrogen-bond acceptors (Lipinski definition) is 5. The Morgan fingerprint density at radius 3 is 2.72 bits per heavy atom. The van der Waals surface area contributed by atoms with Gasteiger partial charge in [0.05, 0.1) is 0 Å². The molecule has 2 aromatic heterocycles. The van der Waals surface area contributed by atoms with Crippen molar-refractivity contribution >= 4 is 11.8 Å². The highest BCUT2D eigenvalue weighted by atomic mass is 32.2. The number of pyridine rings is 2. The summed E-state index contributed by atoms with van der Waals surface area (Å²) in [6.07, 6.45) is 5.34. The maximum absolute atomic E-state index is 13.0. The summed E-state index contributed by atoms with van der Waals surface area (Å²) in [5.74, 6) is 0.201. The molecular weight excluding hydrogens is 389 g/mol. The van der Waals surface area contributed by atoms with Crippen LogP contribution in [0, 0.1) is 5.82 Å². The highest BCUT2D eigenvalue weighted by Gasteiger charge is 2.26. The molecule has 3 aromatic rings. The van der Waals surface area contributed by atoms with Gasteiger partial charge in [0, 0.05) is 36.9 Å². The van der Waals surface area contributed by atoms with Crippen molar-refractivity contribution in [2.75, 3.05) is 0 Å². The summed E-state index contributed by atoms with van der Waals surface area (Å²) in [7, 11) is 0. The Kier molecular flexibility index (Phi) is 5.67. The maximum Gasteiger partial charge on any atom is 0.256 e. The van der Waals surface area contributed by atoms with Gasteiger partial charge in [-0.1, -0.05) is 30.0 Å². The molecule has 148 valence electrons. The Labute approximate surface area is 172 Å². The molecule has 0 fully saturated rings. The van der Waals surface area contributed by atoms with Crippen LogP contribution in [0.5, 0.6) is 5.75 Å². The number of benzene rings is 1. The zero-order chi connectivity index (χ0) is 20.2. The van der Waals surface area contributed by atoms with Crippen LogP contribution in [0.3, 0.4) is 0 Å². The van der Waals surface area contributed by atoms with Gasteiger partial charge in [-0.2, -0.15) is 0 Å². The van der Waals surface area contributed by atoms with E-state index < -0.39 is 0 Å². The number of rotatable bonds is 6. The first-order valence-electron chi connectivity index (χ1n) is 9.17. The molecule has 0 aliphatic carbocycles. The minimum atomic E-state index is -0.287. The lowest BCUT2D eigenvalue weighted by Gasteiger charge is -2.29. The molecule has 0 N–H and O–H groups in total. The summed E-state index contributed by atoms with van der Waals surface area (Å²) in [5.41, 5.74) is 2.73. The van der Waals surface area contributed by atoms with E-state index in [1.54, 1.807) is 46.9 Å². The molecule has 1 unspecified atom stereocenters. The van der Waals surface area contributed by atoms with Crippen LogP contribution in [0.15, 0.2) is 83.0 Å². The number of nitrogens with zero attached hydrogens (tertiary/aromatic N) is 3. The smallest absolute Gasteiger partial charge is 0.256 e. The average molecular weight is 409 g/mol. The quantitative estimate of drug-likeness (QED) is 0.599. The van der Waals surface area contributed by atoms with E-state index in [1.807, 2.05) is 25.3 Å². The Balaban J connectivity index is 1.48. The minimum absolute atomic E-state index is 0.140. The third-order valence-electron chi connectivity index (χ3n) is 4.63. The predicted molar refractivity (Wildman–Crippen MR) is 112 cm³/mol.